The number of benzene rings is 1. The molecule has 1 saturated heterocycles. The van der Waals surface area contributed by atoms with Crippen LogP contribution in [0.2, 0.25) is 0 Å². The summed E-state index contributed by atoms with van der Waals surface area (Å²) in [6.45, 7) is 7.48. The number of fused-ring (bicyclic) bond motifs is 1. The van der Waals surface area contributed by atoms with E-state index in [1.54, 1.807) is 13.0 Å². The number of pyridine rings is 2. The van der Waals surface area contributed by atoms with Crippen LogP contribution in [0.15, 0.2) is 29.1 Å². The molecule has 2 fully saturated rings. The Bertz CT molecular complexity index is 1570. The number of carbonyl (C=O) groups excluding carboxylic acids is 1. The van der Waals surface area contributed by atoms with E-state index in [2.05, 4.69) is 27.4 Å². The van der Waals surface area contributed by atoms with Crippen molar-refractivity contribution >= 4 is 22.5 Å². The SMILES string of the molecule is Cc1cc2c(N3CCN[C@@H](C)CC3)c(C(=O)N[C@@H](C)c3ccc(C(F)(F)F)c(C#N)c3)c(=O)[nH]c2c(C2CC2)n1. The number of hydrogen-bond donors (Lipinski definition) is 3. The molecular formula is C29H31F3N6O2. The lowest BCUT2D eigenvalue weighted by atomic mass is 9.99. The monoisotopic (exact) mass is 552 g/mol. The number of aromatic amines is 1. The van der Waals surface area contributed by atoms with Gasteiger partial charge in [-0.05, 0) is 63.8 Å². The maximum Gasteiger partial charge on any atom is 0.417 e. The van der Waals surface area contributed by atoms with Gasteiger partial charge in [0.05, 0.1) is 40.1 Å². The number of halogens is 3. The zero-order valence-electron chi connectivity index (χ0n) is 22.6. The number of rotatable bonds is 5. The van der Waals surface area contributed by atoms with E-state index < -0.39 is 34.8 Å². The standard InChI is InChI=1S/C29H31F3N6O2/c1-15-8-10-38(11-9-34-15)26-21-12-16(2)35-24(18-4-5-18)25(21)37-28(40)23(26)27(39)36-17(3)19-6-7-22(29(30,31)32)20(13-19)14-33/h6-7,12-13,15,17-18,34H,4-5,8-11H2,1-3H3,(H,36,39)(H,37,40)/t15-,17-/m0/s1. The first kappa shape index (κ1) is 27.6. The van der Waals surface area contributed by atoms with Gasteiger partial charge in [0.15, 0.2) is 0 Å². The van der Waals surface area contributed by atoms with Crippen LogP contribution in [0.1, 0.15) is 83.5 Å². The van der Waals surface area contributed by atoms with Crippen molar-refractivity contribution in [1.82, 2.24) is 20.6 Å². The molecule has 1 amide bonds. The Hall–Kier alpha value is -3.91. The van der Waals surface area contributed by atoms with Gasteiger partial charge in [0, 0.05) is 42.7 Å². The summed E-state index contributed by atoms with van der Waals surface area (Å²) in [5, 5.41) is 16.3. The highest BCUT2D eigenvalue weighted by Crippen LogP contribution is 2.43. The van der Waals surface area contributed by atoms with Crippen LogP contribution in [0.3, 0.4) is 0 Å². The van der Waals surface area contributed by atoms with E-state index in [9.17, 15) is 28.0 Å². The topological polar surface area (TPSA) is 114 Å². The van der Waals surface area contributed by atoms with Crippen LogP contribution < -0.4 is 21.1 Å². The molecular weight excluding hydrogens is 521 g/mol. The summed E-state index contributed by atoms with van der Waals surface area (Å²) in [6.07, 6.45) is -1.87. The lowest BCUT2D eigenvalue weighted by molar-refractivity contribution is -0.137. The van der Waals surface area contributed by atoms with Crippen molar-refractivity contribution < 1.29 is 18.0 Å². The van der Waals surface area contributed by atoms with Gasteiger partial charge in [-0.3, -0.25) is 14.6 Å². The lowest BCUT2D eigenvalue weighted by Crippen LogP contribution is -2.37. The molecule has 3 N–H and O–H groups in total. The summed E-state index contributed by atoms with van der Waals surface area (Å²) >= 11 is 0. The summed E-state index contributed by atoms with van der Waals surface area (Å²) in [5.41, 5.74) is 0.967. The summed E-state index contributed by atoms with van der Waals surface area (Å²) in [7, 11) is 0. The Morgan fingerprint density at radius 1 is 1.23 bits per heavy atom. The molecule has 3 aromatic rings. The number of alkyl halides is 3. The Morgan fingerprint density at radius 3 is 2.65 bits per heavy atom. The number of nitriles is 1. The van der Waals surface area contributed by atoms with E-state index in [-0.39, 0.29) is 17.5 Å². The third kappa shape index (κ3) is 5.41. The molecule has 1 saturated carbocycles. The van der Waals surface area contributed by atoms with Crippen molar-refractivity contribution in [2.24, 2.45) is 0 Å². The van der Waals surface area contributed by atoms with Crippen molar-refractivity contribution in [1.29, 1.82) is 5.26 Å². The van der Waals surface area contributed by atoms with E-state index in [1.807, 2.05) is 13.0 Å². The molecule has 2 atom stereocenters. The maximum absolute atomic E-state index is 13.8. The first-order chi connectivity index (χ1) is 19.0. The number of carbonyl (C=O) groups is 1. The second-order valence-electron chi connectivity index (χ2n) is 10.8. The van der Waals surface area contributed by atoms with Crippen molar-refractivity contribution in [3.05, 3.63) is 68.3 Å². The molecule has 0 spiro atoms. The predicted molar refractivity (Wildman–Crippen MR) is 145 cm³/mol. The van der Waals surface area contributed by atoms with Crippen LogP contribution in [0.25, 0.3) is 10.9 Å². The van der Waals surface area contributed by atoms with E-state index in [1.165, 1.54) is 6.07 Å². The molecule has 8 nitrogen and oxygen atoms in total. The maximum atomic E-state index is 13.8. The fourth-order valence-corrected chi connectivity index (χ4v) is 5.38. The number of hydrogen-bond acceptors (Lipinski definition) is 6. The fraction of sp³-hybridized carbons (Fsp3) is 0.448. The van der Waals surface area contributed by atoms with Gasteiger partial charge in [-0.2, -0.15) is 18.4 Å². The number of amides is 1. The van der Waals surface area contributed by atoms with Gasteiger partial charge in [0.2, 0.25) is 0 Å². The first-order valence-corrected chi connectivity index (χ1v) is 13.5. The quantitative estimate of drug-likeness (QED) is 0.424. The molecule has 0 unspecified atom stereocenters. The van der Waals surface area contributed by atoms with Gasteiger partial charge in [-0.1, -0.05) is 6.07 Å². The van der Waals surface area contributed by atoms with E-state index >= 15 is 0 Å². The summed E-state index contributed by atoms with van der Waals surface area (Å²) in [4.78, 5) is 37.1. The molecule has 2 aliphatic rings. The normalized spacial score (nSPS) is 18.7. The Kier molecular flexibility index (Phi) is 7.31. The number of aromatic nitrogens is 2. The molecule has 1 aliphatic heterocycles. The van der Waals surface area contributed by atoms with E-state index in [0.717, 1.165) is 48.2 Å². The van der Waals surface area contributed by atoms with Crippen LogP contribution in [0.4, 0.5) is 18.9 Å². The van der Waals surface area contributed by atoms with Crippen molar-refractivity contribution in [3.63, 3.8) is 0 Å². The minimum Gasteiger partial charge on any atom is -0.369 e. The van der Waals surface area contributed by atoms with Gasteiger partial charge < -0.3 is 20.5 Å². The highest BCUT2D eigenvalue weighted by molar-refractivity contribution is 6.08. The molecule has 1 aromatic carbocycles. The number of anilines is 1. The summed E-state index contributed by atoms with van der Waals surface area (Å²) in [6, 6.07) is 6.19. The van der Waals surface area contributed by atoms with Gasteiger partial charge in [-0.15, -0.1) is 0 Å². The second kappa shape index (κ2) is 10.6. The minimum absolute atomic E-state index is 0.0475. The van der Waals surface area contributed by atoms with Gasteiger partial charge in [0.1, 0.15) is 5.56 Å². The zero-order valence-corrected chi connectivity index (χ0v) is 22.6. The number of nitrogens with one attached hydrogen (secondary N) is 3. The van der Waals surface area contributed by atoms with Crippen molar-refractivity contribution in [3.8, 4) is 6.07 Å². The molecule has 0 radical (unpaired) electrons. The average Bonchev–Trinajstić information content (AvgIpc) is 3.75. The molecule has 3 heterocycles. The molecule has 5 rings (SSSR count). The Balaban J connectivity index is 1.58. The number of H-pyrrole nitrogens is 1. The highest BCUT2D eigenvalue weighted by Gasteiger charge is 2.34. The third-order valence-electron chi connectivity index (χ3n) is 7.66. The molecule has 11 heteroatoms. The number of aryl methyl sites for hydroxylation is 1. The zero-order chi connectivity index (χ0) is 28.8. The largest absolute Gasteiger partial charge is 0.417 e. The minimum atomic E-state index is -4.67. The number of nitrogens with zero attached hydrogens (tertiary/aromatic N) is 3. The molecule has 2 aromatic heterocycles. The van der Waals surface area contributed by atoms with E-state index in [0.29, 0.717) is 36.4 Å². The van der Waals surface area contributed by atoms with Crippen molar-refractivity contribution in [2.75, 3.05) is 24.5 Å². The van der Waals surface area contributed by atoms with Crippen molar-refractivity contribution in [2.45, 2.75) is 64.2 Å². The van der Waals surface area contributed by atoms with Gasteiger partial charge in [-0.25, -0.2) is 0 Å². The van der Waals surface area contributed by atoms with Crippen LogP contribution >= 0.6 is 0 Å². The van der Waals surface area contributed by atoms with Crippen LogP contribution in [0.5, 0.6) is 0 Å². The smallest absolute Gasteiger partial charge is 0.369 e. The van der Waals surface area contributed by atoms with Gasteiger partial charge >= 0.3 is 6.18 Å². The first-order valence-electron chi connectivity index (χ1n) is 13.5. The molecule has 210 valence electrons. The molecule has 40 heavy (non-hydrogen) atoms. The van der Waals surface area contributed by atoms with E-state index in [4.69, 9.17) is 4.98 Å². The second-order valence-corrected chi connectivity index (χ2v) is 10.8. The van der Waals surface area contributed by atoms with Crippen LogP contribution in [-0.2, 0) is 6.18 Å². The van der Waals surface area contributed by atoms with Gasteiger partial charge in [0.25, 0.3) is 11.5 Å². The lowest BCUT2D eigenvalue weighted by Gasteiger charge is -2.27. The average molecular weight is 553 g/mol. The predicted octanol–water partition coefficient (Wildman–Crippen LogP) is 4.68. The third-order valence-corrected chi connectivity index (χ3v) is 7.66. The summed E-state index contributed by atoms with van der Waals surface area (Å²) < 4.78 is 39.9. The summed E-state index contributed by atoms with van der Waals surface area (Å²) in [5.74, 6) is -0.373. The van der Waals surface area contributed by atoms with Crippen LogP contribution in [-0.4, -0.2) is 41.6 Å². The van der Waals surface area contributed by atoms with Crippen LogP contribution in [0, 0.1) is 18.3 Å². The molecule has 0 bridgehead atoms. The molecule has 1 aliphatic carbocycles. The Morgan fingerprint density at radius 2 is 1.98 bits per heavy atom. The fourth-order valence-electron chi connectivity index (χ4n) is 5.38. The highest BCUT2D eigenvalue weighted by atomic mass is 19.4. The Labute approximate surface area is 229 Å².